The quantitative estimate of drug-likeness (QED) is 0.770. The Hall–Kier alpha value is -1.46. The molecular weight excluding hydrogens is 222 g/mol. The van der Waals surface area contributed by atoms with Crippen molar-refractivity contribution in [3.8, 4) is 17.2 Å². The average Bonchev–Trinajstić information content (AvgIpc) is 2.34. The maximum atomic E-state index is 9.14. The highest BCUT2D eigenvalue weighted by atomic mass is 16.5. The highest BCUT2D eigenvalue weighted by Crippen LogP contribution is 2.28. The number of nitrogens with two attached hydrogens (primary N) is 1. The van der Waals surface area contributed by atoms with Crippen LogP contribution in [0.5, 0.6) is 17.2 Å². The Morgan fingerprint density at radius 2 is 1.59 bits per heavy atom. The predicted molar refractivity (Wildman–Crippen MR) is 64.7 cm³/mol. The minimum absolute atomic E-state index is 0.142. The fraction of sp³-hybridized carbons (Fsp3) is 0.500. The topological polar surface area (TPSA) is 73.9 Å². The number of aliphatic hydroxyl groups excluding tert-OH is 1. The van der Waals surface area contributed by atoms with Crippen LogP contribution in [0.25, 0.3) is 0 Å². The lowest BCUT2D eigenvalue weighted by Gasteiger charge is -2.20. The van der Waals surface area contributed by atoms with Crippen LogP contribution in [0.2, 0.25) is 0 Å². The smallest absolute Gasteiger partial charge is 0.136 e. The molecule has 0 aliphatic rings. The zero-order chi connectivity index (χ0) is 12.8. The molecule has 3 N–H and O–H groups in total. The molecule has 0 aromatic heterocycles. The van der Waals surface area contributed by atoms with Crippen LogP contribution in [0.3, 0.4) is 0 Å². The fourth-order valence-corrected chi connectivity index (χ4v) is 1.34. The van der Waals surface area contributed by atoms with Gasteiger partial charge in [0.15, 0.2) is 0 Å². The van der Waals surface area contributed by atoms with Crippen LogP contribution in [0.15, 0.2) is 18.2 Å². The van der Waals surface area contributed by atoms with Crippen LogP contribution in [0.4, 0.5) is 0 Å². The number of hydrogen-bond donors (Lipinski definition) is 2. The summed E-state index contributed by atoms with van der Waals surface area (Å²) in [6, 6.07) is 4.91. The van der Waals surface area contributed by atoms with E-state index >= 15 is 0 Å². The van der Waals surface area contributed by atoms with Crippen molar-refractivity contribution >= 4 is 0 Å². The third kappa shape index (κ3) is 3.80. The minimum Gasteiger partial charge on any atom is -0.496 e. The third-order valence-electron chi connectivity index (χ3n) is 2.38. The standard InChI is InChI=1S/C12H19NO4/c1-8(13)12(7-14)17-11-5-9(15-2)4-10(6-11)16-3/h4-6,8,12,14H,7,13H2,1-3H3. The van der Waals surface area contributed by atoms with Crippen LogP contribution < -0.4 is 19.9 Å². The summed E-state index contributed by atoms with van der Waals surface area (Å²) in [7, 11) is 3.13. The molecule has 0 bridgehead atoms. The molecule has 2 unspecified atom stereocenters. The molecule has 1 aromatic rings. The van der Waals surface area contributed by atoms with E-state index in [2.05, 4.69) is 0 Å². The molecule has 0 aliphatic heterocycles. The van der Waals surface area contributed by atoms with Crippen LogP contribution in [0.1, 0.15) is 6.92 Å². The van der Waals surface area contributed by atoms with Crippen LogP contribution in [-0.2, 0) is 0 Å². The van der Waals surface area contributed by atoms with E-state index < -0.39 is 6.10 Å². The molecule has 0 radical (unpaired) electrons. The highest BCUT2D eigenvalue weighted by Gasteiger charge is 2.15. The normalized spacial score (nSPS) is 13.9. The lowest BCUT2D eigenvalue weighted by molar-refractivity contribution is 0.0986. The van der Waals surface area contributed by atoms with E-state index in [0.717, 1.165) is 0 Å². The molecule has 0 amide bonds. The summed E-state index contributed by atoms with van der Waals surface area (Å²) >= 11 is 0. The largest absolute Gasteiger partial charge is 0.496 e. The van der Waals surface area contributed by atoms with Crippen molar-refractivity contribution in [2.24, 2.45) is 5.73 Å². The molecule has 96 valence electrons. The van der Waals surface area contributed by atoms with Gasteiger partial charge in [0, 0.05) is 24.2 Å². The van der Waals surface area contributed by atoms with Gasteiger partial charge in [-0.05, 0) is 6.92 Å². The van der Waals surface area contributed by atoms with Gasteiger partial charge < -0.3 is 25.1 Å². The van der Waals surface area contributed by atoms with E-state index in [1.54, 1.807) is 39.3 Å². The first-order valence-electron chi connectivity index (χ1n) is 5.37. The summed E-state index contributed by atoms with van der Waals surface area (Å²) in [4.78, 5) is 0. The van der Waals surface area contributed by atoms with E-state index in [1.807, 2.05) is 0 Å². The number of benzene rings is 1. The van der Waals surface area contributed by atoms with Crippen molar-refractivity contribution in [3.63, 3.8) is 0 Å². The first-order valence-corrected chi connectivity index (χ1v) is 5.37. The van der Waals surface area contributed by atoms with Crippen molar-refractivity contribution in [3.05, 3.63) is 18.2 Å². The number of hydrogen-bond acceptors (Lipinski definition) is 5. The molecule has 1 rings (SSSR count). The molecule has 2 atom stereocenters. The van der Waals surface area contributed by atoms with E-state index in [4.69, 9.17) is 25.1 Å². The zero-order valence-electron chi connectivity index (χ0n) is 10.3. The van der Waals surface area contributed by atoms with Crippen molar-refractivity contribution < 1.29 is 19.3 Å². The Kier molecular flexibility index (Phi) is 5.06. The summed E-state index contributed by atoms with van der Waals surface area (Å²) < 4.78 is 15.8. The maximum absolute atomic E-state index is 9.14. The molecular formula is C12H19NO4. The van der Waals surface area contributed by atoms with E-state index in [9.17, 15) is 0 Å². The maximum Gasteiger partial charge on any atom is 0.136 e. The van der Waals surface area contributed by atoms with Gasteiger partial charge >= 0.3 is 0 Å². The Labute approximate surface area is 101 Å². The summed E-state index contributed by atoms with van der Waals surface area (Å²) in [5, 5.41) is 9.14. The summed E-state index contributed by atoms with van der Waals surface area (Å²) in [5.74, 6) is 1.80. The van der Waals surface area contributed by atoms with Gasteiger partial charge in [-0.25, -0.2) is 0 Å². The van der Waals surface area contributed by atoms with Gasteiger partial charge in [-0.3, -0.25) is 0 Å². The van der Waals surface area contributed by atoms with Gasteiger partial charge in [0.2, 0.25) is 0 Å². The van der Waals surface area contributed by atoms with Crippen molar-refractivity contribution in [2.75, 3.05) is 20.8 Å². The number of rotatable bonds is 6. The first-order chi connectivity index (χ1) is 8.10. The molecule has 5 heteroatoms. The van der Waals surface area contributed by atoms with Gasteiger partial charge in [0.05, 0.1) is 20.8 Å². The van der Waals surface area contributed by atoms with Crippen LogP contribution >= 0.6 is 0 Å². The monoisotopic (exact) mass is 241 g/mol. The Morgan fingerprint density at radius 3 is 1.94 bits per heavy atom. The summed E-state index contributed by atoms with van der Waals surface area (Å²) in [6.07, 6.45) is -0.452. The predicted octanol–water partition coefficient (Wildman–Crippen LogP) is 0.791. The molecule has 5 nitrogen and oxygen atoms in total. The molecule has 1 aromatic carbocycles. The summed E-state index contributed by atoms with van der Waals surface area (Å²) in [5.41, 5.74) is 5.69. The minimum atomic E-state index is -0.452. The average molecular weight is 241 g/mol. The Balaban J connectivity index is 2.89. The Morgan fingerprint density at radius 1 is 1.12 bits per heavy atom. The molecule has 0 fully saturated rings. The molecule has 0 saturated heterocycles. The molecule has 0 saturated carbocycles. The van der Waals surface area contributed by atoms with Gasteiger partial charge in [0.25, 0.3) is 0 Å². The molecule has 0 spiro atoms. The fourth-order valence-electron chi connectivity index (χ4n) is 1.34. The van der Waals surface area contributed by atoms with Crippen molar-refractivity contribution in [1.82, 2.24) is 0 Å². The highest BCUT2D eigenvalue weighted by molar-refractivity contribution is 5.42. The van der Waals surface area contributed by atoms with Crippen molar-refractivity contribution in [1.29, 1.82) is 0 Å². The Bertz CT molecular complexity index is 332. The van der Waals surface area contributed by atoms with Gasteiger partial charge in [-0.2, -0.15) is 0 Å². The number of methoxy groups -OCH3 is 2. The molecule has 17 heavy (non-hydrogen) atoms. The molecule has 0 aliphatic carbocycles. The van der Waals surface area contributed by atoms with Gasteiger partial charge in [0.1, 0.15) is 23.4 Å². The molecule has 0 heterocycles. The SMILES string of the molecule is COc1cc(OC)cc(OC(CO)C(C)N)c1. The van der Waals surface area contributed by atoms with Crippen LogP contribution in [-0.4, -0.2) is 38.1 Å². The zero-order valence-corrected chi connectivity index (χ0v) is 10.3. The van der Waals surface area contributed by atoms with E-state index in [0.29, 0.717) is 17.2 Å². The van der Waals surface area contributed by atoms with E-state index in [1.165, 1.54) is 0 Å². The second kappa shape index (κ2) is 6.32. The van der Waals surface area contributed by atoms with Gasteiger partial charge in [-0.1, -0.05) is 0 Å². The number of ether oxygens (including phenoxy) is 3. The summed E-state index contributed by atoms with van der Waals surface area (Å²) in [6.45, 7) is 1.63. The van der Waals surface area contributed by atoms with Crippen molar-refractivity contribution in [2.45, 2.75) is 19.1 Å². The number of aliphatic hydroxyl groups is 1. The third-order valence-corrected chi connectivity index (χ3v) is 2.38. The van der Waals surface area contributed by atoms with Crippen LogP contribution in [0, 0.1) is 0 Å². The lowest BCUT2D eigenvalue weighted by Crippen LogP contribution is -2.39. The van der Waals surface area contributed by atoms with Gasteiger partial charge in [-0.15, -0.1) is 0 Å². The second-order valence-electron chi connectivity index (χ2n) is 3.75. The first kappa shape index (κ1) is 13.6. The van der Waals surface area contributed by atoms with E-state index in [-0.39, 0.29) is 12.6 Å². The second-order valence-corrected chi connectivity index (χ2v) is 3.75. The lowest BCUT2D eigenvalue weighted by atomic mass is 10.2.